The average molecular weight is 421 g/mol. The topological polar surface area (TPSA) is 71.7 Å². The predicted octanol–water partition coefficient (Wildman–Crippen LogP) is 3.53. The molecular weight excluding hydrogens is 392 g/mol. The SMILES string of the molecule is Cc1cc(C)cc(OCc2c(C(=O)N3CCN(Cc4ccccn4)CC3)noc2C)c1. The van der Waals surface area contributed by atoms with Crippen molar-refractivity contribution in [1.29, 1.82) is 0 Å². The molecule has 2 aromatic heterocycles. The Morgan fingerprint density at radius 1 is 1.06 bits per heavy atom. The molecule has 1 fully saturated rings. The van der Waals surface area contributed by atoms with Gasteiger partial charge in [-0.15, -0.1) is 0 Å². The van der Waals surface area contributed by atoms with E-state index in [1.54, 1.807) is 0 Å². The molecule has 4 rings (SSSR count). The molecule has 0 saturated carbocycles. The fraction of sp³-hybridized carbons (Fsp3) is 0.375. The fourth-order valence-corrected chi connectivity index (χ4v) is 3.88. The van der Waals surface area contributed by atoms with Crippen LogP contribution in [0.2, 0.25) is 0 Å². The molecule has 1 saturated heterocycles. The van der Waals surface area contributed by atoms with Crippen LogP contribution >= 0.6 is 0 Å². The van der Waals surface area contributed by atoms with E-state index < -0.39 is 0 Å². The van der Waals surface area contributed by atoms with E-state index >= 15 is 0 Å². The molecule has 7 heteroatoms. The molecule has 0 atom stereocenters. The van der Waals surface area contributed by atoms with Crippen LogP contribution in [0.1, 0.15) is 38.6 Å². The molecule has 1 amide bonds. The Kier molecular flexibility index (Phi) is 6.32. The van der Waals surface area contributed by atoms with Crippen molar-refractivity contribution in [3.63, 3.8) is 0 Å². The molecule has 0 spiro atoms. The van der Waals surface area contributed by atoms with Crippen LogP contribution < -0.4 is 4.74 Å². The summed E-state index contributed by atoms with van der Waals surface area (Å²) in [5.41, 5.74) is 4.37. The van der Waals surface area contributed by atoms with E-state index in [9.17, 15) is 4.79 Å². The first-order valence-electron chi connectivity index (χ1n) is 10.6. The van der Waals surface area contributed by atoms with E-state index in [4.69, 9.17) is 9.26 Å². The van der Waals surface area contributed by atoms with Gasteiger partial charge in [-0.3, -0.25) is 14.7 Å². The highest BCUT2D eigenvalue weighted by molar-refractivity contribution is 5.93. The molecule has 3 aromatic rings. The van der Waals surface area contributed by atoms with Gasteiger partial charge in [-0.2, -0.15) is 0 Å². The summed E-state index contributed by atoms with van der Waals surface area (Å²) in [6.45, 7) is 9.82. The van der Waals surface area contributed by atoms with E-state index in [1.807, 2.05) is 62.2 Å². The van der Waals surface area contributed by atoms with Crippen LogP contribution in [0, 0.1) is 20.8 Å². The molecular formula is C24H28N4O3. The van der Waals surface area contributed by atoms with E-state index in [1.165, 1.54) is 0 Å². The Morgan fingerprint density at radius 2 is 1.81 bits per heavy atom. The molecule has 1 aliphatic heterocycles. The second-order valence-electron chi connectivity index (χ2n) is 8.07. The quantitative estimate of drug-likeness (QED) is 0.608. The van der Waals surface area contributed by atoms with Crippen molar-refractivity contribution >= 4 is 5.91 Å². The first-order valence-corrected chi connectivity index (χ1v) is 10.6. The summed E-state index contributed by atoms with van der Waals surface area (Å²) in [6, 6.07) is 12.0. The molecule has 0 N–H and O–H groups in total. The van der Waals surface area contributed by atoms with Gasteiger partial charge in [0.05, 0.1) is 11.3 Å². The van der Waals surface area contributed by atoms with Crippen molar-refractivity contribution in [2.24, 2.45) is 0 Å². The van der Waals surface area contributed by atoms with Crippen molar-refractivity contribution in [2.75, 3.05) is 26.2 Å². The van der Waals surface area contributed by atoms with Crippen LogP contribution in [0.25, 0.3) is 0 Å². The first-order chi connectivity index (χ1) is 15.0. The minimum Gasteiger partial charge on any atom is -0.489 e. The maximum Gasteiger partial charge on any atom is 0.276 e. The number of hydrogen-bond donors (Lipinski definition) is 0. The molecule has 0 unspecified atom stereocenters. The largest absolute Gasteiger partial charge is 0.489 e. The number of aromatic nitrogens is 2. The van der Waals surface area contributed by atoms with Crippen molar-refractivity contribution in [2.45, 2.75) is 33.9 Å². The Balaban J connectivity index is 1.38. The zero-order chi connectivity index (χ0) is 21.8. The number of carbonyl (C=O) groups excluding carboxylic acids is 1. The average Bonchev–Trinajstić information content (AvgIpc) is 3.13. The molecule has 1 aliphatic rings. The second kappa shape index (κ2) is 9.31. The van der Waals surface area contributed by atoms with Crippen molar-refractivity contribution < 1.29 is 14.1 Å². The number of nitrogens with zero attached hydrogens (tertiary/aromatic N) is 4. The molecule has 3 heterocycles. The minimum absolute atomic E-state index is 0.103. The van der Waals surface area contributed by atoms with Gasteiger partial charge in [-0.1, -0.05) is 17.3 Å². The lowest BCUT2D eigenvalue weighted by Crippen LogP contribution is -2.48. The van der Waals surface area contributed by atoms with Crippen molar-refractivity contribution in [3.05, 3.63) is 76.4 Å². The highest BCUT2D eigenvalue weighted by Crippen LogP contribution is 2.22. The van der Waals surface area contributed by atoms with Crippen LogP contribution in [0.5, 0.6) is 5.75 Å². The summed E-state index contributed by atoms with van der Waals surface area (Å²) in [5.74, 6) is 1.29. The third kappa shape index (κ3) is 5.11. The molecule has 7 nitrogen and oxygen atoms in total. The van der Waals surface area contributed by atoms with Gasteiger partial charge >= 0.3 is 0 Å². The Labute approximate surface area is 182 Å². The number of amides is 1. The van der Waals surface area contributed by atoms with E-state index in [0.717, 1.165) is 42.2 Å². The zero-order valence-corrected chi connectivity index (χ0v) is 18.3. The van der Waals surface area contributed by atoms with Gasteiger partial charge in [-0.05, 0) is 56.2 Å². The lowest BCUT2D eigenvalue weighted by Gasteiger charge is -2.34. The number of ether oxygens (including phenoxy) is 1. The van der Waals surface area contributed by atoms with Crippen LogP contribution in [0.4, 0.5) is 0 Å². The number of carbonyl (C=O) groups is 1. The van der Waals surface area contributed by atoms with Crippen LogP contribution in [-0.2, 0) is 13.2 Å². The lowest BCUT2D eigenvalue weighted by molar-refractivity contribution is 0.0615. The summed E-state index contributed by atoms with van der Waals surface area (Å²) < 4.78 is 11.3. The molecule has 162 valence electrons. The summed E-state index contributed by atoms with van der Waals surface area (Å²) in [4.78, 5) is 21.7. The van der Waals surface area contributed by atoms with Gasteiger partial charge < -0.3 is 14.2 Å². The minimum atomic E-state index is -0.103. The molecule has 31 heavy (non-hydrogen) atoms. The molecule has 0 bridgehead atoms. The summed E-state index contributed by atoms with van der Waals surface area (Å²) in [7, 11) is 0. The van der Waals surface area contributed by atoms with E-state index in [2.05, 4.69) is 21.1 Å². The normalized spacial score (nSPS) is 14.6. The smallest absolute Gasteiger partial charge is 0.276 e. The number of piperazine rings is 1. The lowest BCUT2D eigenvalue weighted by atomic mass is 10.1. The number of pyridine rings is 1. The van der Waals surface area contributed by atoms with Gasteiger partial charge in [0.15, 0.2) is 5.69 Å². The van der Waals surface area contributed by atoms with Crippen LogP contribution in [0.15, 0.2) is 47.1 Å². The number of benzene rings is 1. The Hall–Kier alpha value is -3.19. The highest BCUT2D eigenvalue weighted by Gasteiger charge is 2.28. The number of aryl methyl sites for hydroxylation is 3. The van der Waals surface area contributed by atoms with Gasteiger partial charge in [-0.25, -0.2) is 0 Å². The van der Waals surface area contributed by atoms with Gasteiger partial charge in [0.1, 0.15) is 18.1 Å². The number of hydrogen-bond acceptors (Lipinski definition) is 6. The Morgan fingerprint density at radius 3 is 2.48 bits per heavy atom. The van der Waals surface area contributed by atoms with Gasteiger partial charge in [0.2, 0.25) is 0 Å². The van der Waals surface area contributed by atoms with E-state index in [-0.39, 0.29) is 12.5 Å². The summed E-state index contributed by atoms with van der Waals surface area (Å²) in [6.07, 6.45) is 1.81. The maximum absolute atomic E-state index is 13.1. The van der Waals surface area contributed by atoms with Crippen molar-refractivity contribution in [1.82, 2.24) is 19.9 Å². The summed E-state index contributed by atoms with van der Waals surface area (Å²) in [5, 5.41) is 4.06. The van der Waals surface area contributed by atoms with Crippen LogP contribution in [0.3, 0.4) is 0 Å². The predicted molar refractivity (Wildman–Crippen MR) is 117 cm³/mol. The monoisotopic (exact) mass is 420 g/mol. The van der Waals surface area contributed by atoms with Gasteiger partial charge in [0, 0.05) is 38.9 Å². The molecule has 0 aliphatic carbocycles. The van der Waals surface area contributed by atoms with Crippen molar-refractivity contribution in [3.8, 4) is 5.75 Å². The van der Waals surface area contributed by atoms with Crippen LogP contribution in [-0.4, -0.2) is 52.0 Å². The Bertz CT molecular complexity index is 1020. The zero-order valence-electron chi connectivity index (χ0n) is 18.3. The summed E-state index contributed by atoms with van der Waals surface area (Å²) >= 11 is 0. The molecule has 0 radical (unpaired) electrons. The highest BCUT2D eigenvalue weighted by atomic mass is 16.5. The number of rotatable bonds is 6. The van der Waals surface area contributed by atoms with E-state index in [0.29, 0.717) is 30.1 Å². The fourth-order valence-electron chi connectivity index (χ4n) is 3.88. The maximum atomic E-state index is 13.1. The standard InChI is InChI=1S/C24H28N4O3/c1-17-12-18(2)14-21(13-17)30-16-22-19(3)31-26-23(22)24(29)28-10-8-27(9-11-28)15-20-6-4-5-7-25-20/h4-7,12-14H,8-11,15-16H2,1-3H3. The third-order valence-corrected chi connectivity index (χ3v) is 5.54. The second-order valence-corrected chi connectivity index (χ2v) is 8.07. The third-order valence-electron chi connectivity index (χ3n) is 5.54. The first kappa shape index (κ1) is 21.1. The molecule has 1 aromatic carbocycles. The van der Waals surface area contributed by atoms with Gasteiger partial charge in [0.25, 0.3) is 5.91 Å².